The number of carbonyl (C=O) groups excluding carboxylic acids is 1. The van der Waals surface area contributed by atoms with Crippen LogP contribution < -0.4 is 5.32 Å². The summed E-state index contributed by atoms with van der Waals surface area (Å²) in [5.74, 6) is -0.683. The van der Waals surface area contributed by atoms with Crippen molar-refractivity contribution in [2.75, 3.05) is 19.8 Å². The number of carboxylic acid groups (broad SMARTS) is 1. The first-order chi connectivity index (χ1) is 14.1. The molecule has 6 heteroatoms. The molecule has 0 bridgehead atoms. The molecule has 2 aliphatic rings. The average molecular weight is 395 g/mol. The van der Waals surface area contributed by atoms with E-state index in [1.807, 2.05) is 36.4 Å². The van der Waals surface area contributed by atoms with E-state index in [0.29, 0.717) is 12.5 Å². The Morgan fingerprint density at radius 3 is 2.17 bits per heavy atom. The number of alkyl carbamates (subject to hydrolysis) is 1. The van der Waals surface area contributed by atoms with Gasteiger partial charge < -0.3 is 19.9 Å². The third kappa shape index (κ3) is 4.27. The van der Waals surface area contributed by atoms with Gasteiger partial charge in [0.1, 0.15) is 6.61 Å². The lowest BCUT2D eigenvalue weighted by Gasteiger charge is -2.25. The number of hydrogen-bond acceptors (Lipinski definition) is 4. The molecule has 2 aromatic rings. The van der Waals surface area contributed by atoms with Crippen molar-refractivity contribution in [3.05, 3.63) is 59.7 Å². The SMILES string of the molecule is O=C(NC(COCC1CCC1)C(=O)O)OCC1c2ccccc2-c2ccccc21. The summed E-state index contributed by atoms with van der Waals surface area (Å²) in [5.41, 5.74) is 4.51. The highest BCUT2D eigenvalue weighted by Gasteiger charge is 2.30. The Morgan fingerprint density at radius 1 is 1.00 bits per heavy atom. The van der Waals surface area contributed by atoms with E-state index in [4.69, 9.17) is 9.47 Å². The maximum absolute atomic E-state index is 12.3. The Hall–Kier alpha value is -2.86. The highest BCUT2D eigenvalue weighted by atomic mass is 16.5. The van der Waals surface area contributed by atoms with Crippen molar-refractivity contribution in [2.24, 2.45) is 5.92 Å². The lowest BCUT2D eigenvalue weighted by atomic mass is 9.86. The second-order valence-electron chi connectivity index (χ2n) is 7.70. The summed E-state index contributed by atoms with van der Waals surface area (Å²) in [6.07, 6.45) is 2.70. The van der Waals surface area contributed by atoms with Crippen molar-refractivity contribution < 1.29 is 24.2 Å². The van der Waals surface area contributed by atoms with Crippen LogP contribution in [-0.2, 0) is 14.3 Å². The van der Waals surface area contributed by atoms with Crippen LogP contribution in [0.3, 0.4) is 0 Å². The molecule has 152 valence electrons. The molecule has 0 saturated heterocycles. The minimum absolute atomic E-state index is 0.0595. The van der Waals surface area contributed by atoms with Gasteiger partial charge in [0.15, 0.2) is 6.04 Å². The molecule has 1 saturated carbocycles. The monoisotopic (exact) mass is 395 g/mol. The highest BCUT2D eigenvalue weighted by molar-refractivity contribution is 5.81. The summed E-state index contributed by atoms with van der Waals surface area (Å²) in [4.78, 5) is 23.7. The van der Waals surface area contributed by atoms with Crippen molar-refractivity contribution in [2.45, 2.75) is 31.2 Å². The van der Waals surface area contributed by atoms with E-state index in [-0.39, 0.29) is 19.1 Å². The third-order valence-electron chi connectivity index (χ3n) is 5.80. The largest absolute Gasteiger partial charge is 0.480 e. The van der Waals surface area contributed by atoms with Gasteiger partial charge in [0.25, 0.3) is 0 Å². The number of benzene rings is 2. The van der Waals surface area contributed by atoms with Crippen LogP contribution in [0.5, 0.6) is 0 Å². The number of carbonyl (C=O) groups is 2. The van der Waals surface area contributed by atoms with E-state index in [0.717, 1.165) is 35.1 Å². The number of rotatable bonds is 8. The summed E-state index contributed by atoms with van der Waals surface area (Å²) in [6.45, 7) is 0.626. The number of amides is 1. The van der Waals surface area contributed by atoms with Gasteiger partial charge in [0.05, 0.1) is 6.61 Å². The van der Waals surface area contributed by atoms with Crippen molar-refractivity contribution in [1.82, 2.24) is 5.32 Å². The van der Waals surface area contributed by atoms with Crippen molar-refractivity contribution in [3.8, 4) is 11.1 Å². The van der Waals surface area contributed by atoms with E-state index >= 15 is 0 Å². The first kappa shape index (κ1) is 19.5. The summed E-state index contributed by atoms with van der Waals surface area (Å²) in [6, 6.07) is 15.0. The first-order valence-electron chi connectivity index (χ1n) is 10.1. The van der Waals surface area contributed by atoms with Gasteiger partial charge in [-0.25, -0.2) is 9.59 Å². The molecule has 0 aliphatic heterocycles. The maximum atomic E-state index is 12.3. The summed E-state index contributed by atoms with van der Waals surface area (Å²) in [7, 11) is 0. The van der Waals surface area contributed by atoms with E-state index in [9.17, 15) is 14.7 Å². The number of nitrogens with one attached hydrogen (secondary N) is 1. The zero-order valence-electron chi connectivity index (χ0n) is 16.2. The fourth-order valence-electron chi connectivity index (χ4n) is 3.97. The molecule has 6 nitrogen and oxygen atoms in total. The van der Waals surface area contributed by atoms with Gasteiger partial charge >= 0.3 is 12.1 Å². The predicted molar refractivity (Wildman–Crippen MR) is 108 cm³/mol. The normalized spacial score (nSPS) is 16.4. The molecule has 2 aromatic carbocycles. The number of carboxylic acids is 1. The standard InChI is InChI=1S/C23H25NO5/c25-22(26)21(14-28-12-15-6-5-7-15)24-23(27)29-13-20-18-10-3-1-8-16(18)17-9-2-4-11-19(17)20/h1-4,8-11,15,20-21H,5-7,12-14H2,(H,24,27)(H,25,26). The summed E-state index contributed by atoms with van der Waals surface area (Å²) < 4.78 is 10.9. The molecule has 1 amide bonds. The van der Waals surface area contributed by atoms with E-state index < -0.39 is 18.1 Å². The predicted octanol–water partition coefficient (Wildman–Crippen LogP) is 3.80. The van der Waals surface area contributed by atoms with Crippen LogP contribution in [0, 0.1) is 5.92 Å². The fraction of sp³-hybridized carbons (Fsp3) is 0.391. The molecule has 1 fully saturated rings. The van der Waals surface area contributed by atoms with E-state index in [2.05, 4.69) is 17.4 Å². The Balaban J connectivity index is 1.34. The Bertz CT molecular complexity index is 847. The third-order valence-corrected chi connectivity index (χ3v) is 5.80. The Morgan fingerprint density at radius 2 is 1.62 bits per heavy atom. The molecule has 29 heavy (non-hydrogen) atoms. The quantitative estimate of drug-likeness (QED) is 0.710. The molecular weight excluding hydrogens is 370 g/mol. The van der Waals surface area contributed by atoms with Crippen LogP contribution in [-0.4, -0.2) is 43.0 Å². The lowest BCUT2D eigenvalue weighted by Crippen LogP contribution is -2.44. The van der Waals surface area contributed by atoms with Gasteiger partial charge in [-0.3, -0.25) is 0 Å². The molecule has 4 rings (SSSR count). The zero-order valence-corrected chi connectivity index (χ0v) is 16.2. The van der Waals surface area contributed by atoms with Gasteiger partial charge in [0.2, 0.25) is 0 Å². The molecule has 0 aromatic heterocycles. The zero-order chi connectivity index (χ0) is 20.2. The number of hydrogen-bond donors (Lipinski definition) is 2. The van der Waals surface area contributed by atoms with E-state index in [1.54, 1.807) is 0 Å². The van der Waals surface area contributed by atoms with Gasteiger partial charge in [0, 0.05) is 12.5 Å². The number of ether oxygens (including phenoxy) is 2. The molecule has 1 atom stereocenters. The van der Waals surface area contributed by atoms with Crippen LogP contribution in [0.1, 0.15) is 36.3 Å². The van der Waals surface area contributed by atoms with Crippen molar-refractivity contribution in [1.29, 1.82) is 0 Å². The van der Waals surface area contributed by atoms with Crippen LogP contribution in [0.25, 0.3) is 11.1 Å². The maximum Gasteiger partial charge on any atom is 0.407 e. The lowest BCUT2D eigenvalue weighted by molar-refractivity contribution is -0.141. The molecule has 0 spiro atoms. The van der Waals surface area contributed by atoms with Crippen LogP contribution in [0.2, 0.25) is 0 Å². The topological polar surface area (TPSA) is 84.9 Å². The molecular formula is C23H25NO5. The fourth-order valence-corrected chi connectivity index (χ4v) is 3.97. The highest BCUT2D eigenvalue weighted by Crippen LogP contribution is 2.44. The average Bonchev–Trinajstić information content (AvgIpc) is 3.01. The van der Waals surface area contributed by atoms with Crippen LogP contribution in [0.4, 0.5) is 4.79 Å². The van der Waals surface area contributed by atoms with Crippen molar-refractivity contribution in [3.63, 3.8) is 0 Å². The second-order valence-corrected chi connectivity index (χ2v) is 7.70. The molecule has 2 N–H and O–H groups in total. The molecule has 1 unspecified atom stereocenters. The van der Waals surface area contributed by atoms with Gasteiger partial charge in [-0.05, 0) is 41.0 Å². The molecule has 0 heterocycles. The smallest absolute Gasteiger partial charge is 0.407 e. The van der Waals surface area contributed by atoms with Crippen LogP contribution in [0.15, 0.2) is 48.5 Å². The molecule has 2 aliphatic carbocycles. The van der Waals surface area contributed by atoms with Crippen molar-refractivity contribution >= 4 is 12.1 Å². The summed E-state index contributed by atoms with van der Waals surface area (Å²) >= 11 is 0. The Labute approximate surface area is 169 Å². The minimum Gasteiger partial charge on any atom is -0.480 e. The van der Waals surface area contributed by atoms with Gasteiger partial charge in [-0.2, -0.15) is 0 Å². The minimum atomic E-state index is -1.13. The molecule has 0 radical (unpaired) electrons. The number of fused-ring (bicyclic) bond motifs is 3. The Kier molecular flexibility index (Phi) is 5.81. The second kappa shape index (κ2) is 8.66. The van der Waals surface area contributed by atoms with Gasteiger partial charge in [-0.15, -0.1) is 0 Å². The summed E-state index contributed by atoms with van der Waals surface area (Å²) in [5, 5.41) is 11.8. The first-order valence-corrected chi connectivity index (χ1v) is 10.1. The van der Waals surface area contributed by atoms with Crippen LogP contribution >= 0.6 is 0 Å². The van der Waals surface area contributed by atoms with Gasteiger partial charge in [-0.1, -0.05) is 55.0 Å². The number of aliphatic carboxylic acids is 1. The van der Waals surface area contributed by atoms with E-state index in [1.165, 1.54) is 6.42 Å².